The van der Waals surface area contributed by atoms with Crippen molar-refractivity contribution in [2.75, 3.05) is 16.7 Å². The van der Waals surface area contributed by atoms with Crippen LogP contribution in [0, 0.1) is 0 Å². The summed E-state index contributed by atoms with van der Waals surface area (Å²) in [6, 6.07) is 24.8. The third kappa shape index (κ3) is 4.68. The maximum Gasteiger partial charge on any atom is 0.280 e. The van der Waals surface area contributed by atoms with Crippen molar-refractivity contribution >= 4 is 27.3 Å². The van der Waals surface area contributed by atoms with E-state index in [2.05, 4.69) is 10.4 Å². The number of carbonyl (C=O) groups is 1. The fraction of sp³-hybridized carbons (Fsp3) is 0.0417. The van der Waals surface area contributed by atoms with Gasteiger partial charge in [0.15, 0.2) is 5.69 Å². The van der Waals surface area contributed by atoms with Crippen LogP contribution in [0.5, 0.6) is 0 Å². The van der Waals surface area contributed by atoms with Crippen LogP contribution in [0.25, 0.3) is 5.69 Å². The molecule has 0 unspecified atom stereocenters. The van der Waals surface area contributed by atoms with Crippen LogP contribution in [-0.4, -0.2) is 31.2 Å². The van der Waals surface area contributed by atoms with Crippen molar-refractivity contribution in [3.05, 3.63) is 113 Å². The Balaban J connectivity index is 1.54. The summed E-state index contributed by atoms with van der Waals surface area (Å²) in [5, 5.41) is 6.74. The Morgan fingerprint density at radius 2 is 1.48 bits per heavy atom. The number of rotatable bonds is 6. The van der Waals surface area contributed by atoms with E-state index in [1.165, 1.54) is 52.6 Å². The minimum atomic E-state index is -3.78. The van der Waals surface area contributed by atoms with Crippen molar-refractivity contribution in [3.63, 3.8) is 0 Å². The largest absolute Gasteiger partial charge is 0.320 e. The van der Waals surface area contributed by atoms with E-state index in [0.29, 0.717) is 17.1 Å². The molecule has 9 heteroatoms. The molecule has 0 aliphatic heterocycles. The summed E-state index contributed by atoms with van der Waals surface area (Å²) in [6.07, 6.45) is 1.48. The van der Waals surface area contributed by atoms with Crippen LogP contribution in [0.15, 0.2) is 107 Å². The summed E-state index contributed by atoms with van der Waals surface area (Å²) < 4.78 is 28.4. The van der Waals surface area contributed by atoms with Crippen molar-refractivity contribution in [3.8, 4) is 5.69 Å². The predicted octanol–water partition coefficient (Wildman–Crippen LogP) is 3.31. The van der Waals surface area contributed by atoms with Gasteiger partial charge in [-0.05, 0) is 48.5 Å². The molecular formula is C24H20N4O4S. The van der Waals surface area contributed by atoms with Crippen molar-refractivity contribution in [2.45, 2.75) is 4.90 Å². The third-order valence-electron chi connectivity index (χ3n) is 4.93. The van der Waals surface area contributed by atoms with Gasteiger partial charge in [-0.25, -0.2) is 13.1 Å². The van der Waals surface area contributed by atoms with Gasteiger partial charge in [-0.15, -0.1) is 0 Å². The Hall–Kier alpha value is -4.24. The lowest BCUT2D eigenvalue weighted by Crippen LogP contribution is -2.27. The fourth-order valence-corrected chi connectivity index (χ4v) is 4.32. The smallest absolute Gasteiger partial charge is 0.280 e. The second-order valence-corrected chi connectivity index (χ2v) is 9.06. The van der Waals surface area contributed by atoms with Crippen molar-refractivity contribution in [1.82, 2.24) is 9.78 Å². The van der Waals surface area contributed by atoms with Crippen molar-refractivity contribution < 1.29 is 13.2 Å². The number of benzene rings is 3. The van der Waals surface area contributed by atoms with E-state index in [4.69, 9.17) is 0 Å². The van der Waals surface area contributed by atoms with E-state index in [1.807, 2.05) is 18.2 Å². The van der Waals surface area contributed by atoms with Gasteiger partial charge in [0.2, 0.25) is 5.43 Å². The summed E-state index contributed by atoms with van der Waals surface area (Å²) in [7, 11) is -2.31. The number of hydrogen-bond donors (Lipinski definition) is 1. The number of hydrogen-bond acceptors (Lipinski definition) is 5. The summed E-state index contributed by atoms with van der Waals surface area (Å²) in [5.74, 6) is -0.692. The molecule has 0 aliphatic carbocycles. The minimum Gasteiger partial charge on any atom is -0.320 e. The SMILES string of the molecule is CN(c1ccccc1)S(=O)(=O)c1ccc(NC(=O)c2nn(-c3ccccc3)ccc2=O)cc1. The number of para-hydroxylation sites is 2. The highest BCUT2D eigenvalue weighted by molar-refractivity contribution is 7.92. The number of carbonyl (C=O) groups excluding carboxylic acids is 1. The summed E-state index contributed by atoms with van der Waals surface area (Å²) in [4.78, 5) is 25.0. The maximum absolute atomic E-state index is 12.9. The van der Waals surface area contributed by atoms with Crippen LogP contribution in [0.3, 0.4) is 0 Å². The van der Waals surface area contributed by atoms with Crippen LogP contribution in [0.1, 0.15) is 10.5 Å². The van der Waals surface area contributed by atoms with E-state index >= 15 is 0 Å². The zero-order valence-corrected chi connectivity index (χ0v) is 18.4. The number of aromatic nitrogens is 2. The molecule has 1 amide bonds. The highest BCUT2D eigenvalue weighted by Gasteiger charge is 2.21. The van der Waals surface area contributed by atoms with Gasteiger partial charge < -0.3 is 5.32 Å². The van der Waals surface area contributed by atoms with Gasteiger partial charge in [-0.2, -0.15) is 5.10 Å². The number of anilines is 2. The van der Waals surface area contributed by atoms with Crippen LogP contribution in [0.4, 0.5) is 11.4 Å². The Morgan fingerprint density at radius 1 is 0.879 bits per heavy atom. The second kappa shape index (κ2) is 9.09. The zero-order chi connectivity index (χ0) is 23.4. The topological polar surface area (TPSA) is 101 Å². The Morgan fingerprint density at radius 3 is 2.12 bits per heavy atom. The highest BCUT2D eigenvalue weighted by atomic mass is 32.2. The molecule has 0 radical (unpaired) electrons. The van der Waals surface area contributed by atoms with Gasteiger partial charge in [-0.1, -0.05) is 36.4 Å². The van der Waals surface area contributed by atoms with E-state index in [-0.39, 0.29) is 10.6 Å². The first-order chi connectivity index (χ1) is 15.9. The van der Waals surface area contributed by atoms with Gasteiger partial charge >= 0.3 is 0 Å². The van der Waals surface area contributed by atoms with Crippen LogP contribution >= 0.6 is 0 Å². The average molecular weight is 461 g/mol. The fourth-order valence-electron chi connectivity index (χ4n) is 3.12. The van der Waals surface area contributed by atoms with Crippen LogP contribution in [-0.2, 0) is 10.0 Å². The third-order valence-corrected chi connectivity index (χ3v) is 6.73. The molecule has 0 bridgehead atoms. The van der Waals surface area contributed by atoms with Crippen LogP contribution < -0.4 is 15.1 Å². The summed E-state index contributed by atoms with van der Waals surface area (Å²) >= 11 is 0. The van der Waals surface area contributed by atoms with Crippen molar-refractivity contribution in [2.24, 2.45) is 0 Å². The Bertz CT molecular complexity index is 1440. The molecule has 3 aromatic carbocycles. The average Bonchev–Trinajstić information content (AvgIpc) is 2.85. The lowest BCUT2D eigenvalue weighted by molar-refractivity contribution is 0.101. The van der Waals surface area contributed by atoms with Crippen molar-refractivity contribution in [1.29, 1.82) is 0 Å². The minimum absolute atomic E-state index is 0.0659. The molecule has 0 aliphatic rings. The van der Waals surface area contributed by atoms with Crippen LogP contribution in [0.2, 0.25) is 0 Å². The summed E-state index contributed by atoms with van der Waals surface area (Å²) in [5.41, 5.74) is 0.756. The number of amides is 1. The Kier molecular flexibility index (Phi) is 6.05. The first-order valence-corrected chi connectivity index (χ1v) is 11.4. The molecule has 0 saturated carbocycles. The molecule has 4 aromatic rings. The molecule has 33 heavy (non-hydrogen) atoms. The second-order valence-electron chi connectivity index (χ2n) is 7.10. The normalized spacial score (nSPS) is 11.1. The van der Waals surface area contributed by atoms with Gasteiger partial charge in [0.05, 0.1) is 16.3 Å². The quantitative estimate of drug-likeness (QED) is 0.476. The predicted molar refractivity (Wildman–Crippen MR) is 126 cm³/mol. The molecule has 0 spiro atoms. The van der Waals surface area contributed by atoms with Gasteiger partial charge in [-0.3, -0.25) is 13.9 Å². The van der Waals surface area contributed by atoms with E-state index < -0.39 is 21.4 Å². The zero-order valence-electron chi connectivity index (χ0n) is 17.6. The highest BCUT2D eigenvalue weighted by Crippen LogP contribution is 2.23. The number of sulfonamides is 1. The molecule has 1 aromatic heterocycles. The molecule has 166 valence electrons. The maximum atomic E-state index is 12.9. The molecule has 4 rings (SSSR count). The molecule has 1 heterocycles. The van der Waals surface area contributed by atoms with E-state index in [0.717, 1.165) is 0 Å². The molecular weight excluding hydrogens is 440 g/mol. The van der Waals surface area contributed by atoms with Gasteiger partial charge in [0.1, 0.15) is 0 Å². The first-order valence-electron chi connectivity index (χ1n) is 9.97. The lowest BCUT2D eigenvalue weighted by Gasteiger charge is -2.19. The lowest BCUT2D eigenvalue weighted by atomic mass is 10.3. The molecule has 0 atom stereocenters. The molecule has 0 saturated heterocycles. The first kappa shape index (κ1) is 22.0. The molecule has 0 fully saturated rings. The molecule has 1 N–H and O–H groups in total. The number of nitrogens with zero attached hydrogens (tertiary/aromatic N) is 3. The molecule has 8 nitrogen and oxygen atoms in total. The Labute approximate surface area is 190 Å². The number of nitrogens with one attached hydrogen (secondary N) is 1. The van der Waals surface area contributed by atoms with Gasteiger partial charge in [0.25, 0.3) is 15.9 Å². The van der Waals surface area contributed by atoms with E-state index in [9.17, 15) is 18.0 Å². The van der Waals surface area contributed by atoms with E-state index in [1.54, 1.807) is 42.5 Å². The van der Waals surface area contributed by atoms with Gasteiger partial charge in [0, 0.05) is 25.0 Å². The summed E-state index contributed by atoms with van der Waals surface area (Å²) in [6.45, 7) is 0. The standard InChI is InChI=1S/C24H20N4O4S/c1-27(19-8-4-2-5-9-19)33(31,32)21-14-12-18(13-15-21)25-24(30)23-22(29)16-17-28(26-23)20-10-6-3-7-11-20/h2-17H,1H3,(H,25,30). The monoisotopic (exact) mass is 460 g/mol.